The molecule has 0 atom stereocenters. The van der Waals surface area contributed by atoms with Crippen LogP contribution in [0.3, 0.4) is 0 Å². The highest BCUT2D eigenvalue weighted by atomic mass is 16.2. The van der Waals surface area contributed by atoms with E-state index in [9.17, 15) is 19.2 Å². The van der Waals surface area contributed by atoms with Crippen LogP contribution in [0, 0.1) is 12.8 Å². The molecule has 0 aliphatic carbocycles. The second-order valence-corrected chi connectivity index (χ2v) is 7.23. The third-order valence-electron chi connectivity index (χ3n) is 4.18. The quantitative estimate of drug-likeness (QED) is 0.624. The van der Waals surface area contributed by atoms with Crippen molar-refractivity contribution in [2.75, 3.05) is 18.4 Å². The predicted molar refractivity (Wildman–Crippen MR) is 97.6 cm³/mol. The van der Waals surface area contributed by atoms with Crippen molar-refractivity contribution in [1.29, 1.82) is 0 Å². The van der Waals surface area contributed by atoms with Crippen LogP contribution in [0.25, 0.3) is 0 Å². The maximum absolute atomic E-state index is 12.4. The van der Waals surface area contributed by atoms with E-state index in [2.05, 4.69) is 5.32 Å². The van der Waals surface area contributed by atoms with Crippen molar-refractivity contribution in [1.82, 2.24) is 9.80 Å². The Morgan fingerprint density at radius 1 is 1.04 bits per heavy atom. The van der Waals surface area contributed by atoms with Gasteiger partial charge in [-0.3, -0.25) is 19.3 Å². The number of hydrogen-bond donors (Lipinski definition) is 1. The second-order valence-electron chi connectivity index (χ2n) is 7.23. The molecule has 7 nitrogen and oxygen atoms in total. The van der Waals surface area contributed by atoms with E-state index in [0.717, 1.165) is 16.0 Å². The fourth-order valence-electron chi connectivity index (χ4n) is 2.88. The number of hydrogen-bond acceptors (Lipinski definition) is 4. The van der Waals surface area contributed by atoms with Gasteiger partial charge in [0.05, 0.1) is 0 Å². The van der Waals surface area contributed by atoms with Gasteiger partial charge in [-0.25, -0.2) is 9.69 Å². The average Bonchev–Trinajstić information content (AvgIpc) is 2.74. The van der Waals surface area contributed by atoms with Gasteiger partial charge >= 0.3 is 17.8 Å². The number of anilines is 1. The highest BCUT2D eigenvalue weighted by Gasteiger charge is 2.45. The molecular weight excluding hydrogens is 334 g/mol. The third kappa shape index (κ3) is 3.92. The zero-order chi connectivity index (χ0) is 19.6. The molecule has 2 rings (SSSR count). The maximum Gasteiger partial charge on any atom is 0.334 e. The molecule has 7 heteroatoms. The first-order chi connectivity index (χ1) is 12.1. The van der Waals surface area contributed by atoms with Crippen LogP contribution in [0.15, 0.2) is 18.2 Å². The molecule has 5 amide bonds. The van der Waals surface area contributed by atoms with E-state index in [0.29, 0.717) is 10.6 Å². The number of para-hydroxylation sites is 1. The zero-order valence-electron chi connectivity index (χ0n) is 15.8. The van der Waals surface area contributed by atoms with Crippen molar-refractivity contribution in [3.8, 4) is 0 Å². The molecule has 0 aromatic heterocycles. The number of imide groups is 2. The first kappa shape index (κ1) is 19.6. The molecule has 1 N–H and O–H groups in total. The number of nitrogens with zero attached hydrogens (tertiary/aromatic N) is 2. The smallest absolute Gasteiger partial charge is 0.324 e. The first-order valence-corrected chi connectivity index (χ1v) is 8.70. The van der Waals surface area contributed by atoms with Gasteiger partial charge in [0.2, 0.25) is 5.91 Å². The molecule has 0 spiro atoms. The van der Waals surface area contributed by atoms with Crippen LogP contribution in [0.4, 0.5) is 10.5 Å². The van der Waals surface area contributed by atoms with Gasteiger partial charge in [0, 0.05) is 12.2 Å². The fraction of sp³-hybridized carbons (Fsp3) is 0.474. The Hall–Kier alpha value is -2.70. The summed E-state index contributed by atoms with van der Waals surface area (Å²) in [5, 5.41) is 2.78. The molecule has 0 saturated carbocycles. The van der Waals surface area contributed by atoms with Crippen LogP contribution in [0.2, 0.25) is 0 Å². The van der Waals surface area contributed by atoms with E-state index >= 15 is 0 Å². The molecule has 26 heavy (non-hydrogen) atoms. The summed E-state index contributed by atoms with van der Waals surface area (Å²) in [6.07, 6.45) is 0. The molecule has 0 bridgehead atoms. The van der Waals surface area contributed by atoms with E-state index in [4.69, 9.17) is 0 Å². The number of nitrogens with one attached hydrogen (secondary N) is 1. The van der Waals surface area contributed by atoms with Crippen molar-refractivity contribution in [3.05, 3.63) is 29.3 Å². The van der Waals surface area contributed by atoms with Crippen LogP contribution in [-0.4, -0.2) is 46.6 Å². The Morgan fingerprint density at radius 3 is 2.23 bits per heavy atom. The molecule has 1 aliphatic rings. The Labute approximate surface area is 153 Å². The molecule has 1 aliphatic heterocycles. The average molecular weight is 359 g/mol. The first-order valence-electron chi connectivity index (χ1n) is 8.70. The Kier molecular flexibility index (Phi) is 5.79. The van der Waals surface area contributed by atoms with Crippen LogP contribution < -0.4 is 5.32 Å². The monoisotopic (exact) mass is 359 g/mol. The van der Waals surface area contributed by atoms with E-state index in [-0.39, 0.29) is 18.4 Å². The van der Waals surface area contributed by atoms with Crippen LogP contribution in [0.1, 0.15) is 44.7 Å². The number of amides is 5. The van der Waals surface area contributed by atoms with Gasteiger partial charge in [-0.05, 0) is 29.9 Å². The van der Waals surface area contributed by atoms with Gasteiger partial charge in [0.1, 0.15) is 6.54 Å². The molecule has 1 fully saturated rings. The SMILES string of the molecule is Cc1cccc(C(C)C)c1NC(=O)CN1C(=O)C(=O)N(CC(C)C)C1=O. The molecule has 1 aromatic rings. The summed E-state index contributed by atoms with van der Waals surface area (Å²) < 4.78 is 0. The van der Waals surface area contributed by atoms with E-state index in [1.54, 1.807) is 0 Å². The Morgan fingerprint density at radius 2 is 1.65 bits per heavy atom. The molecule has 0 radical (unpaired) electrons. The summed E-state index contributed by atoms with van der Waals surface area (Å²) >= 11 is 0. The fourth-order valence-corrected chi connectivity index (χ4v) is 2.88. The molecule has 1 saturated heterocycles. The molecule has 0 unspecified atom stereocenters. The molecule has 1 heterocycles. The topological polar surface area (TPSA) is 86.8 Å². The normalized spacial score (nSPS) is 14.8. The number of benzene rings is 1. The van der Waals surface area contributed by atoms with E-state index in [1.807, 2.05) is 52.8 Å². The van der Waals surface area contributed by atoms with Gasteiger partial charge in [-0.2, -0.15) is 0 Å². The molecule has 1 aromatic carbocycles. The Balaban J connectivity index is 2.15. The van der Waals surface area contributed by atoms with Crippen molar-refractivity contribution in [2.45, 2.75) is 40.5 Å². The maximum atomic E-state index is 12.4. The lowest BCUT2D eigenvalue weighted by Gasteiger charge is -2.19. The van der Waals surface area contributed by atoms with Crippen LogP contribution >= 0.6 is 0 Å². The lowest BCUT2D eigenvalue weighted by atomic mass is 9.98. The minimum Gasteiger partial charge on any atom is -0.324 e. The number of aryl methyl sites for hydroxylation is 1. The van der Waals surface area contributed by atoms with E-state index < -0.39 is 30.3 Å². The van der Waals surface area contributed by atoms with Crippen LogP contribution in [0.5, 0.6) is 0 Å². The van der Waals surface area contributed by atoms with Gasteiger partial charge in [-0.15, -0.1) is 0 Å². The Bertz CT molecular complexity index is 755. The van der Waals surface area contributed by atoms with E-state index in [1.165, 1.54) is 0 Å². The standard InChI is InChI=1S/C19H25N3O4/c1-11(2)9-21-17(24)18(25)22(19(21)26)10-15(23)20-16-13(5)7-6-8-14(16)12(3)4/h6-8,11-12H,9-10H2,1-5H3,(H,20,23). The summed E-state index contributed by atoms with van der Waals surface area (Å²) in [4.78, 5) is 50.4. The van der Waals surface area contributed by atoms with Gasteiger partial charge < -0.3 is 5.32 Å². The van der Waals surface area contributed by atoms with Crippen molar-refractivity contribution in [3.63, 3.8) is 0 Å². The highest BCUT2D eigenvalue weighted by Crippen LogP contribution is 2.27. The minimum absolute atomic E-state index is 0.0324. The lowest BCUT2D eigenvalue weighted by Crippen LogP contribution is -2.39. The molecule has 140 valence electrons. The summed E-state index contributed by atoms with van der Waals surface area (Å²) in [5.74, 6) is -2.12. The largest absolute Gasteiger partial charge is 0.334 e. The lowest BCUT2D eigenvalue weighted by molar-refractivity contribution is -0.143. The summed E-state index contributed by atoms with van der Waals surface area (Å²) in [6.45, 7) is 9.25. The number of rotatable bonds is 6. The van der Waals surface area contributed by atoms with Gasteiger partial charge in [0.25, 0.3) is 0 Å². The highest BCUT2D eigenvalue weighted by molar-refractivity contribution is 6.45. The second kappa shape index (κ2) is 7.68. The number of carbonyl (C=O) groups excluding carboxylic acids is 4. The summed E-state index contributed by atoms with van der Waals surface area (Å²) in [7, 11) is 0. The third-order valence-corrected chi connectivity index (χ3v) is 4.18. The predicted octanol–water partition coefficient (Wildman–Crippen LogP) is 2.50. The molecular formula is C19H25N3O4. The zero-order valence-corrected chi connectivity index (χ0v) is 15.8. The van der Waals surface area contributed by atoms with Gasteiger partial charge in [0.15, 0.2) is 0 Å². The van der Waals surface area contributed by atoms with Crippen LogP contribution in [-0.2, 0) is 14.4 Å². The van der Waals surface area contributed by atoms with Crippen molar-refractivity contribution < 1.29 is 19.2 Å². The summed E-state index contributed by atoms with van der Waals surface area (Å²) in [5.41, 5.74) is 2.54. The summed E-state index contributed by atoms with van der Waals surface area (Å²) in [6, 6.07) is 4.98. The van der Waals surface area contributed by atoms with Gasteiger partial charge in [-0.1, -0.05) is 45.9 Å². The van der Waals surface area contributed by atoms with Crippen molar-refractivity contribution >= 4 is 29.4 Å². The minimum atomic E-state index is -0.959. The number of urea groups is 1. The van der Waals surface area contributed by atoms with Crippen molar-refractivity contribution in [2.24, 2.45) is 5.92 Å². The number of carbonyl (C=O) groups is 4.